The minimum absolute atomic E-state index is 0.0743. The summed E-state index contributed by atoms with van der Waals surface area (Å²) in [5.74, 6) is 0.453. The molecule has 3 N–H and O–H groups in total. The number of nitrogens with one attached hydrogen (secondary N) is 2. The minimum atomic E-state index is -0.445. The Morgan fingerprint density at radius 1 is 0.960 bits per heavy atom. The number of Topliss-reactive ketones (excluding diaryl/α,β-unsaturated/α-hetero) is 1. The van der Waals surface area contributed by atoms with Gasteiger partial charge in [0.1, 0.15) is 11.6 Å². The van der Waals surface area contributed by atoms with Crippen LogP contribution in [0.25, 0.3) is 10.9 Å². The number of hydrogen-bond donors (Lipinski definition) is 3. The van der Waals surface area contributed by atoms with Crippen LogP contribution in [0.15, 0.2) is 48.5 Å². The topological polar surface area (TPSA) is 82.2 Å². The highest BCUT2D eigenvalue weighted by Gasteiger charge is 2.23. The van der Waals surface area contributed by atoms with Gasteiger partial charge in [-0.15, -0.1) is 0 Å². The summed E-state index contributed by atoms with van der Waals surface area (Å²) in [6.07, 6.45) is 0. The number of carbonyl (C=O) groups is 2. The number of benzene rings is 2. The highest BCUT2D eigenvalue weighted by atomic mass is 16.3. The molecule has 0 aliphatic carbocycles. The molecule has 0 bridgehead atoms. The van der Waals surface area contributed by atoms with Gasteiger partial charge in [-0.3, -0.25) is 9.59 Å². The van der Waals surface area contributed by atoms with Crippen LogP contribution in [0, 0.1) is 5.41 Å². The second-order valence-electron chi connectivity index (χ2n) is 7.07. The van der Waals surface area contributed by atoms with Gasteiger partial charge < -0.3 is 15.4 Å². The zero-order valence-electron chi connectivity index (χ0n) is 14.4. The van der Waals surface area contributed by atoms with Crippen molar-refractivity contribution in [1.29, 1.82) is 0 Å². The molecule has 128 valence electrons. The van der Waals surface area contributed by atoms with E-state index in [1.165, 1.54) is 12.1 Å². The minimum Gasteiger partial charge on any atom is -0.508 e. The zero-order valence-corrected chi connectivity index (χ0v) is 14.4. The molecule has 3 aromatic rings. The summed E-state index contributed by atoms with van der Waals surface area (Å²) in [5.41, 5.74) is 1.49. The lowest BCUT2D eigenvalue weighted by atomic mass is 9.86. The lowest BCUT2D eigenvalue weighted by Gasteiger charge is -2.16. The van der Waals surface area contributed by atoms with Gasteiger partial charge in [-0.1, -0.05) is 20.8 Å². The number of rotatable bonds is 3. The third kappa shape index (κ3) is 3.55. The van der Waals surface area contributed by atoms with E-state index in [9.17, 15) is 14.7 Å². The maximum Gasteiger partial charge on any atom is 0.256 e. The smallest absolute Gasteiger partial charge is 0.256 e. The van der Waals surface area contributed by atoms with Crippen molar-refractivity contribution in [2.45, 2.75) is 20.8 Å². The fourth-order valence-electron chi connectivity index (χ4n) is 2.58. The molecule has 1 heterocycles. The highest BCUT2D eigenvalue weighted by molar-refractivity contribution is 6.06. The number of hydrogen-bond acceptors (Lipinski definition) is 3. The second-order valence-corrected chi connectivity index (χ2v) is 7.07. The molecule has 0 saturated carbocycles. The van der Waals surface area contributed by atoms with E-state index in [2.05, 4.69) is 10.3 Å². The summed E-state index contributed by atoms with van der Waals surface area (Å²) >= 11 is 0. The molecule has 5 heteroatoms. The Morgan fingerprint density at radius 2 is 1.60 bits per heavy atom. The maximum absolute atomic E-state index is 12.4. The summed E-state index contributed by atoms with van der Waals surface area (Å²) in [7, 11) is 0. The molecule has 3 rings (SSSR count). The average molecular weight is 336 g/mol. The van der Waals surface area contributed by atoms with Crippen molar-refractivity contribution < 1.29 is 14.7 Å². The number of phenolic OH excluding ortho intramolecular Hbond substituents is 1. The van der Waals surface area contributed by atoms with E-state index in [-0.39, 0.29) is 17.4 Å². The maximum atomic E-state index is 12.4. The number of carbonyl (C=O) groups excluding carboxylic acids is 2. The van der Waals surface area contributed by atoms with Gasteiger partial charge in [0, 0.05) is 27.4 Å². The first-order valence-electron chi connectivity index (χ1n) is 8.02. The molecule has 0 atom stereocenters. The summed E-state index contributed by atoms with van der Waals surface area (Å²) < 4.78 is 0. The predicted molar refractivity (Wildman–Crippen MR) is 98.1 cm³/mol. The van der Waals surface area contributed by atoms with Crippen molar-refractivity contribution in [2.24, 2.45) is 5.41 Å². The Kier molecular flexibility index (Phi) is 4.08. The van der Waals surface area contributed by atoms with Crippen LogP contribution in [0.4, 0.5) is 5.82 Å². The van der Waals surface area contributed by atoms with E-state index < -0.39 is 5.41 Å². The number of fused-ring (bicyclic) bond motifs is 1. The number of aromatic hydroxyl groups is 1. The monoisotopic (exact) mass is 336 g/mol. The Morgan fingerprint density at radius 3 is 2.24 bits per heavy atom. The SMILES string of the molecule is CC(C)(C)C(=O)c1ccc2[nH]c(NC(=O)c3ccc(O)cc3)cc2c1. The summed E-state index contributed by atoms with van der Waals surface area (Å²) in [6.45, 7) is 5.67. The van der Waals surface area contributed by atoms with Crippen LogP contribution in [0.5, 0.6) is 5.75 Å². The number of phenols is 1. The number of aromatic amines is 1. The van der Waals surface area contributed by atoms with Crippen molar-refractivity contribution in [1.82, 2.24) is 4.98 Å². The van der Waals surface area contributed by atoms with Crippen molar-refractivity contribution in [3.63, 3.8) is 0 Å². The van der Waals surface area contributed by atoms with Crippen LogP contribution < -0.4 is 5.32 Å². The van der Waals surface area contributed by atoms with Crippen molar-refractivity contribution in [2.75, 3.05) is 5.32 Å². The molecule has 1 amide bonds. The van der Waals surface area contributed by atoms with Crippen LogP contribution in [-0.4, -0.2) is 21.8 Å². The van der Waals surface area contributed by atoms with E-state index in [0.717, 1.165) is 10.9 Å². The molecule has 2 aromatic carbocycles. The second kappa shape index (κ2) is 6.09. The molecule has 0 spiro atoms. The van der Waals surface area contributed by atoms with E-state index >= 15 is 0 Å². The molecular weight excluding hydrogens is 316 g/mol. The molecule has 1 aromatic heterocycles. The van der Waals surface area contributed by atoms with Crippen LogP contribution in [0.1, 0.15) is 41.5 Å². The van der Waals surface area contributed by atoms with Crippen LogP contribution >= 0.6 is 0 Å². The lowest BCUT2D eigenvalue weighted by molar-refractivity contribution is 0.0858. The van der Waals surface area contributed by atoms with Crippen molar-refractivity contribution >= 4 is 28.4 Å². The third-order valence-corrected chi connectivity index (χ3v) is 3.94. The first kappa shape index (κ1) is 16.8. The van der Waals surface area contributed by atoms with Gasteiger partial charge >= 0.3 is 0 Å². The van der Waals surface area contributed by atoms with Gasteiger partial charge in [0.25, 0.3) is 5.91 Å². The molecule has 25 heavy (non-hydrogen) atoms. The van der Waals surface area contributed by atoms with Crippen LogP contribution in [0.2, 0.25) is 0 Å². The third-order valence-electron chi connectivity index (χ3n) is 3.94. The van der Waals surface area contributed by atoms with Crippen molar-refractivity contribution in [3.8, 4) is 5.75 Å². The molecule has 0 unspecified atom stereocenters. The molecule has 0 radical (unpaired) electrons. The summed E-state index contributed by atoms with van der Waals surface area (Å²) in [6, 6.07) is 13.3. The quantitative estimate of drug-likeness (QED) is 0.622. The molecule has 0 saturated heterocycles. The van der Waals surface area contributed by atoms with E-state index in [4.69, 9.17) is 0 Å². The average Bonchev–Trinajstić information content (AvgIpc) is 2.95. The normalized spacial score (nSPS) is 11.5. The fraction of sp³-hybridized carbons (Fsp3) is 0.200. The van der Waals surface area contributed by atoms with Gasteiger partial charge in [-0.05, 0) is 48.5 Å². The molecule has 0 fully saturated rings. The number of H-pyrrole nitrogens is 1. The van der Waals surface area contributed by atoms with Crippen LogP contribution in [0.3, 0.4) is 0 Å². The van der Waals surface area contributed by atoms with E-state index in [0.29, 0.717) is 16.9 Å². The summed E-state index contributed by atoms with van der Waals surface area (Å²) in [5, 5.41) is 12.9. The molecule has 5 nitrogen and oxygen atoms in total. The first-order chi connectivity index (χ1) is 11.7. The molecular formula is C20H20N2O3. The largest absolute Gasteiger partial charge is 0.508 e. The van der Waals surface area contributed by atoms with E-state index in [1.807, 2.05) is 32.9 Å². The number of aromatic nitrogens is 1. The molecule has 0 aliphatic rings. The Bertz CT molecular complexity index is 947. The Labute approximate surface area is 145 Å². The molecule has 0 aliphatic heterocycles. The van der Waals surface area contributed by atoms with Gasteiger partial charge in [0.2, 0.25) is 0 Å². The van der Waals surface area contributed by atoms with Gasteiger partial charge in [0.15, 0.2) is 5.78 Å². The van der Waals surface area contributed by atoms with E-state index in [1.54, 1.807) is 24.3 Å². The first-order valence-corrected chi connectivity index (χ1v) is 8.02. The van der Waals surface area contributed by atoms with Gasteiger partial charge in [-0.2, -0.15) is 0 Å². The Balaban J connectivity index is 1.85. The van der Waals surface area contributed by atoms with Gasteiger partial charge in [-0.25, -0.2) is 0 Å². The Hall–Kier alpha value is -3.08. The lowest BCUT2D eigenvalue weighted by Crippen LogP contribution is -2.19. The summed E-state index contributed by atoms with van der Waals surface area (Å²) in [4.78, 5) is 27.8. The predicted octanol–water partition coefficient (Wildman–Crippen LogP) is 4.35. The highest BCUT2D eigenvalue weighted by Crippen LogP contribution is 2.25. The number of anilines is 1. The van der Waals surface area contributed by atoms with Gasteiger partial charge in [0.05, 0.1) is 0 Å². The number of amides is 1. The fourth-order valence-corrected chi connectivity index (χ4v) is 2.58. The number of ketones is 1. The standard InChI is InChI=1S/C20H20N2O3/c1-20(2,3)18(24)13-6-9-16-14(10-13)11-17(21-16)22-19(25)12-4-7-15(23)8-5-12/h4-11,21,23H,1-3H3,(H,22,25). The van der Waals surface area contributed by atoms with Crippen LogP contribution in [-0.2, 0) is 0 Å². The zero-order chi connectivity index (χ0) is 18.2. The van der Waals surface area contributed by atoms with Crippen molar-refractivity contribution in [3.05, 3.63) is 59.7 Å².